The molecule has 0 aliphatic heterocycles. The zero-order chi connectivity index (χ0) is 18.8. The van der Waals surface area contributed by atoms with Crippen molar-refractivity contribution < 1.29 is 4.52 Å². The van der Waals surface area contributed by atoms with E-state index in [1.165, 1.54) is 0 Å². The summed E-state index contributed by atoms with van der Waals surface area (Å²) in [4.78, 5) is 8.96. The van der Waals surface area contributed by atoms with Gasteiger partial charge < -0.3 is 9.84 Å². The number of aryl methyl sites for hydroxylation is 2. The number of nitrogens with one attached hydrogen (secondary N) is 1. The van der Waals surface area contributed by atoms with E-state index < -0.39 is 0 Å². The van der Waals surface area contributed by atoms with Crippen LogP contribution < -0.4 is 5.32 Å². The molecule has 0 saturated heterocycles. The van der Waals surface area contributed by atoms with Gasteiger partial charge >= 0.3 is 0 Å². The Hall–Kier alpha value is -3.48. The van der Waals surface area contributed by atoms with Crippen molar-refractivity contribution in [3.05, 3.63) is 71.5 Å². The molecule has 1 aromatic carbocycles. The Balaban J connectivity index is 1.63. The lowest BCUT2D eigenvalue weighted by Crippen LogP contribution is -2.04. The molecule has 7 heteroatoms. The molecule has 0 radical (unpaired) electrons. The summed E-state index contributed by atoms with van der Waals surface area (Å²) in [6, 6.07) is 13.9. The Labute approximate surface area is 157 Å². The van der Waals surface area contributed by atoms with E-state index in [2.05, 4.69) is 27.4 Å². The lowest BCUT2D eigenvalue weighted by atomic mass is 10.1. The fourth-order valence-corrected chi connectivity index (χ4v) is 3.09. The molecule has 4 aromatic rings. The highest BCUT2D eigenvalue weighted by atomic mass is 16.5. The molecule has 0 aliphatic rings. The number of benzene rings is 1. The van der Waals surface area contributed by atoms with Crippen molar-refractivity contribution in [3.63, 3.8) is 0 Å². The highest BCUT2D eigenvalue weighted by Gasteiger charge is 2.16. The normalized spacial score (nSPS) is 10.9. The maximum absolute atomic E-state index is 5.08. The van der Waals surface area contributed by atoms with Crippen LogP contribution in [0.5, 0.6) is 0 Å². The van der Waals surface area contributed by atoms with Crippen LogP contribution in [0.4, 0.5) is 5.95 Å². The molecule has 0 amide bonds. The van der Waals surface area contributed by atoms with Crippen LogP contribution in [0.15, 0.2) is 53.2 Å². The predicted octanol–water partition coefficient (Wildman–Crippen LogP) is 3.85. The first-order chi connectivity index (χ1) is 13.1. The van der Waals surface area contributed by atoms with Crippen LogP contribution in [0.25, 0.3) is 16.9 Å². The van der Waals surface area contributed by atoms with Crippen molar-refractivity contribution in [1.29, 1.82) is 0 Å². The molecule has 0 atom stereocenters. The predicted molar refractivity (Wildman–Crippen MR) is 103 cm³/mol. The maximum Gasteiger partial charge on any atom is 0.223 e. The van der Waals surface area contributed by atoms with E-state index in [1.807, 2.05) is 61.0 Å². The van der Waals surface area contributed by atoms with Crippen LogP contribution in [0.2, 0.25) is 0 Å². The van der Waals surface area contributed by atoms with E-state index in [0.29, 0.717) is 12.5 Å². The van der Waals surface area contributed by atoms with Crippen LogP contribution >= 0.6 is 0 Å². The summed E-state index contributed by atoms with van der Waals surface area (Å²) in [5.41, 5.74) is 5.65. The lowest BCUT2D eigenvalue weighted by Gasteiger charge is -2.07. The third-order valence-corrected chi connectivity index (χ3v) is 4.31. The van der Waals surface area contributed by atoms with Gasteiger partial charge in [-0.15, -0.1) is 0 Å². The second-order valence-corrected chi connectivity index (χ2v) is 6.34. The molecular formula is C20H20N6O. The molecule has 0 aliphatic carbocycles. The molecular weight excluding hydrogens is 340 g/mol. The molecule has 0 bridgehead atoms. The highest BCUT2D eigenvalue weighted by molar-refractivity contribution is 5.66. The number of hydrogen-bond acceptors (Lipinski definition) is 6. The van der Waals surface area contributed by atoms with Gasteiger partial charge in [-0.25, -0.2) is 14.6 Å². The summed E-state index contributed by atoms with van der Waals surface area (Å²) in [5.74, 6) is 1.32. The number of nitrogens with zero attached hydrogens (tertiary/aromatic N) is 5. The molecule has 136 valence electrons. The van der Waals surface area contributed by atoms with E-state index in [-0.39, 0.29) is 0 Å². The zero-order valence-electron chi connectivity index (χ0n) is 15.5. The summed E-state index contributed by atoms with van der Waals surface area (Å²) in [6.07, 6.45) is 1.75. The SMILES string of the molecule is Cc1cc(CNc2nccc(-c3c(C)nn(-c4ccccc4)c3C)n2)no1. The molecule has 0 unspecified atom stereocenters. The summed E-state index contributed by atoms with van der Waals surface area (Å²) in [5, 5.41) is 11.9. The molecule has 0 saturated carbocycles. The standard InChI is InChI=1S/C20H20N6O/c1-13-11-16(25-27-13)12-22-20-21-10-9-18(23-20)19-14(2)24-26(15(19)3)17-7-5-4-6-8-17/h4-11H,12H2,1-3H3,(H,21,22,23). The van der Waals surface area contributed by atoms with Crippen molar-refractivity contribution >= 4 is 5.95 Å². The molecule has 0 spiro atoms. The van der Waals surface area contributed by atoms with Crippen molar-refractivity contribution in [2.75, 3.05) is 5.32 Å². The Morgan fingerprint density at radius 2 is 1.89 bits per heavy atom. The van der Waals surface area contributed by atoms with Crippen LogP contribution in [-0.2, 0) is 6.54 Å². The monoisotopic (exact) mass is 360 g/mol. The van der Waals surface area contributed by atoms with E-state index in [9.17, 15) is 0 Å². The highest BCUT2D eigenvalue weighted by Crippen LogP contribution is 2.27. The third kappa shape index (κ3) is 3.44. The van der Waals surface area contributed by atoms with Gasteiger partial charge in [0.1, 0.15) is 11.5 Å². The van der Waals surface area contributed by atoms with Crippen LogP contribution in [0.1, 0.15) is 22.8 Å². The van der Waals surface area contributed by atoms with Gasteiger partial charge in [0, 0.05) is 17.8 Å². The van der Waals surface area contributed by atoms with Gasteiger partial charge in [0.15, 0.2) is 0 Å². The van der Waals surface area contributed by atoms with Crippen LogP contribution in [-0.4, -0.2) is 24.9 Å². The van der Waals surface area contributed by atoms with Crippen molar-refractivity contribution in [1.82, 2.24) is 24.9 Å². The Morgan fingerprint density at radius 1 is 1.07 bits per heavy atom. The molecule has 4 rings (SSSR count). The summed E-state index contributed by atoms with van der Waals surface area (Å²) in [6.45, 7) is 6.41. The fourth-order valence-electron chi connectivity index (χ4n) is 3.09. The lowest BCUT2D eigenvalue weighted by molar-refractivity contribution is 0.391. The van der Waals surface area contributed by atoms with Crippen molar-refractivity contribution in [2.45, 2.75) is 27.3 Å². The van der Waals surface area contributed by atoms with Crippen LogP contribution in [0.3, 0.4) is 0 Å². The molecule has 7 nitrogen and oxygen atoms in total. The summed E-state index contributed by atoms with van der Waals surface area (Å²) >= 11 is 0. The van der Waals surface area contributed by atoms with Crippen molar-refractivity contribution in [2.24, 2.45) is 0 Å². The quantitative estimate of drug-likeness (QED) is 0.582. The zero-order valence-corrected chi connectivity index (χ0v) is 15.5. The van der Waals surface area contributed by atoms with E-state index in [1.54, 1.807) is 6.20 Å². The number of aromatic nitrogens is 5. The van der Waals surface area contributed by atoms with Gasteiger partial charge in [-0.3, -0.25) is 0 Å². The first-order valence-electron chi connectivity index (χ1n) is 8.73. The number of anilines is 1. The Morgan fingerprint density at radius 3 is 2.63 bits per heavy atom. The maximum atomic E-state index is 5.08. The molecule has 0 fully saturated rings. The molecule has 27 heavy (non-hydrogen) atoms. The van der Waals surface area contributed by atoms with E-state index in [4.69, 9.17) is 9.62 Å². The second kappa shape index (κ2) is 7.03. The average molecular weight is 360 g/mol. The van der Waals surface area contributed by atoms with E-state index in [0.717, 1.165) is 39.8 Å². The largest absolute Gasteiger partial charge is 0.361 e. The third-order valence-electron chi connectivity index (χ3n) is 4.31. The first kappa shape index (κ1) is 17.0. The second-order valence-electron chi connectivity index (χ2n) is 6.34. The van der Waals surface area contributed by atoms with Crippen molar-refractivity contribution in [3.8, 4) is 16.9 Å². The Kier molecular flexibility index (Phi) is 4.42. The first-order valence-corrected chi connectivity index (χ1v) is 8.73. The number of para-hydroxylation sites is 1. The summed E-state index contributed by atoms with van der Waals surface area (Å²) < 4.78 is 7.02. The fraction of sp³-hybridized carbons (Fsp3) is 0.200. The molecule has 3 aromatic heterocycles. The van der Waals surface area contributed by atoms with Gasteiger partial charge in [0.05, 0.1) is 29.3 Å². The van der Waals surface area contributed by atoms with Gasteiger partial charge in [-0.2, -0.15) is 5.10 Å². The summed E-state index contributed by atoms with van der Waals surface area (Å²) in [7, 11) is 0. The minimum absolute atomic E-state index is 0.502. The minimum atomic E-state index is 0.502. The van der Waals surface area contributed by atoms with Gasteiger partial charge in [0.25, 0.3) is 0 Å². The van der Waals surface area contributed by atoms with E-state index >= 15 is 0 Å². The number of rotatable bonds is 5. The average Bonchev–Trinajstić information content (AvgIpc) is 3.23. The smallest absolute Gasteiger partial charge is 0.223 e. The molecule has 3 heterocycles. The minimum Gasteiger partial charge on any atom is -0.361 e. The van der Waals surface area contributed by atoms with Crippen LogP contribution in [0, 0.1) is 20.8 Å². The topological polar surface area (TPSA) is 81.7 Å². The molecule has 1 N–H and O–H groups in total. The van der Waals surface area contributed by atoms with Gasteiger partial charge in [0.2, 0.25) is 5.95 Å². The van der Waals surface area contributed by atoms with Gasteiger partial charge in [-0.05, 0) is 39.0 Å². The van der Waals surface area contributed by atoms with Gasteiger partial charge in [-0.1, -0.05) is 23.4 Å². The number of hydrogen-bond donors (Lipinski definition) is 1. The Bertz CT molecular complexity index is 1070.